The Kier molecular flexibility index (Phi) is 9.15. The van der Waals surface area contributed by atoms with Crippen LogP contribution in [0.25, 0.3) is 0 Å². The van der Waals surface area contributed by atoms with E-state index in [1.165, 1.54) is 19.2 Å². The maximum absolute atomic E-state index is 13.2. The summed E-state index contributed by atoms with van der Waals surface area (Å²) in [6, 6.07) is 16.7. The van der Waals surface area contributed by atoms with Gasteiger partial charge in [0.05, 0.1) is 50.8 Å². The average molecular weight is 556 g/mol. The number of carbonyl (C=O) groups excluding carboxylic acids is 1. The van der Waals surface area contributed by atoms with Crippen molar-refractivity contribution in [2.45, 2.75) is 11.3 Å². The Hall–Kier alpha value is -3.96. The summed E-state index contributed by atoms with van der Waals surface area (Å²) in [4.78, 5) is 15.1. The molecule has 4 rings (SSSR count). The Morgan fingerprint density at radius 3 is 2.28 bits per heavy atom. The topological polar surface area (TPSA) is 115 Å². The number of amides is 1. The molecule has 0 spiro atoms. The number of rotatable bonds is 11. The van der Waals surface area contributed by atoms with Gasteiger partial charge >= 0.3 is 0 Å². The minimum absolute atomic E-state index is 0.0843. The van der Waals surface area contributed by atoms with Crippen LogP contribution in [0.5, 0.6) is 17.2 Å². The molecule has 10 nitrogen and oxygen atoms in total. The van der Waals surface area contributed by atoms with E-state index in [0.717, 1.165) is 5.56 Å². The smallest absolute Gasteiger partial charge is 0.261 e. The molecule has 3 aromatic carbocycles. The standard InChI is InChI=1S/C28H33N3O7S/c1-35-22-6-8-23(9-7-22)39(33,34)30-24-19-21(5-10-25(24)31-14-16-38-17-15-31)28(32)29-13-12-20-4-11-26(36-2)27(18-20)37-3/h4-11,18-19,30H,12-17H2,1-3H3,(H,29,32). The van der Waals surface area contributed by atoms with Crippen molar-refractivity contribution < 1.29 is 32.2 Å². The molecule has 3 aromatic rings. The van der Waals surface area contributed by atoms with Gasteiger partial charge in [-0.15, -0.1) is 0 Å². The molecule has 39 heavy (non-hydrogen) atoms. The summed E-state index contributed by atoms with van der Waals surface area (Å²) >= 11 is 0. The van der Waals surface area contributed by atoms with E-state index in [1.807, 2.05) is 23.1 Å². The fourth-order valence-corrected chi connectivity index (χ4v) is 5.32. The van der Waals surface area contributed by atoms with Gasteiger partial charge in [-0.25, -0.2) is 8.42 Å². The quantitative estimate of drug-likeness (QED) is 0.370. The van der Waals surface area contributed by atoms with Gasteiger partial charge in [0.25, 0.3) is 15.9 Å². The van der Waals surface area contributed by atoms with Crippen LogP contribution in [0, 0.1) is 0 Å². The fraction of sp³-hybridized carbons (Fsp3) is 0.321. The van der Waals surface area contributed by atoms with Gasteiger partial charge in [0.2, 0.25) is 0 Å². The number of morpholine rings is 1. The average Bonchev–Trinajstić information content (AvgIpc) is 2.97. The molecule has 0 saturated carbocycles. The van der Waals surface area contributed by atoms with Gasteiger partial charge in [-0.2, -0.15) is 0 Å². The van der Waals surface area contributed by atoms with Crippen molar-refractivity contribution in [2.24, 2.45) is 0 Å². The van der Waals surface area contributed by atoms with E-state index >= 15 is 0 Å². The highest BCUT2D eigenvalue weighted by atomic mass is 32.2. The van der Waals surface area contributed by atoms with Crippen molar-refractivity contribution in [2.75, 3.05) is 63.8 Å². The van der Waals surface area contributed by atoms with Gasteiger partial charge in [-0.1, -0.05) is 6.07 Å². The number of nitrogens with zero attached hydrogens (tertiary/aromatic N) is 1. The molecule has 2 N–H and O–H groups in total. The highest BCUT2D eigenvalue weighted by molar-refractivity contribution is 7.92. The van der Waals surface area contributed by atoms with Crippen LogP contribution in [0.2, 0.25) is 0 Å². The van der Waals surface area contributed by atoms with Gasteiger partial charge in [0, 0.05) is 25.2 Å². The summed E-state index contributed by atoms with van der Waals surface area (Å²) in [5.41, 5.74) is 2.31. The first-order chi connectivity index (χ1) is 18.8. The van der Waals surface area contributed by atoms with E-state index in [1.54, 1.807) is 44.6 Å². The van der Waals surface area contributed by atoms with Gasteiger partial charge in [-0.3, -0.25) is 9.52 Å². The first-order valence-corrected chi connectivity index (χ1v) is 14.0. The number of carbonyl (C=O) groups is 1. The van der Waals surface area contributed by atoms with Gasteiger partial charge in [-0.05, 0) is 66.6 Å². The molecule has 0 unspecified atom stereocenters. The molecule has 0 aliphatic carbocycles. The highest BCUT2D eigenvalue weighted by Crippen LogP contribution is 2.31. The third kappa shape index (κ3) is 6.92. The summed E-state index contributed by atoms with van der Waals surface area (Å²) in [7, 11) is 0.741. The van der Waals surface area contributed by atoms with Crippen LogP contribution in [0.3, 0.4) is 0 Å². The fourth-order valence-electron chi connectivity index (χ4n) is 4.26. The first-order valence-electron chi connectivity index (χ1n) is 12.5. The lowest BCUT2D eigenvalue weighted by molar-refractivity contribution is 0.0954. The molecule has 11 heteroatoms. The second kappa shape index (κ2) is 12.7. The summed E-state index contributed by atoms with van der Waals surface area (Å²) in [5, 5.41) is 2.91. The van der Waals surface area contributed by atoms with Crippen LogP contribution >= 0.6 is 0 Å². The van der Waals surface area contributed by atoms with Crippen LogP contribution in [0.4, 0.5) is 11.4 Å². The Morgan fingerprint density at radius 2 is 1.62 bits per heavy atom. The third-order valence-corrected chi connectivity index (χ3v) is 7.75. The number of benzene rings is 3. The molecule has 0 atom stereocenters. The number of hydrogen-bond acceptors (Lipinski definition) is 8. The molecule has 1 heterocycles. The maximum atomic E-state index is 13.2. The van der Waals surface area contributed by atoms with Crippen molar-refractivity contribution in [3.8, 4) is 17.2 Å². The molecular weight excluding hydrogens is 522 g/mol. The van der Waals surface area contributed by atoms with E-state index in [-0.39, 0.29) is 10.8 Å². The molecule has 1 amide bonds. The predicted octanol–water partition coefficient (Wildman–Crippen LogP) is 3.32. The van der Waals surface area contributed by atoms with Crippen molar-refractivity contribution in [1.82, 2.24) is 5.32 Å². The van der Waals surface area contributed by atoms with Crippen molar-refractivity contribution >= 4 is 27.3 Å². The Balaban J connectivity index is 1.52. The minimum atomic E-state index is -3.92. The second-order valence-electron chi connectivity index (χ2n) is 8.81. The first kappa shape index (κ1) is 28.1. The van der Waals surface area contributed by atoms with E-state index in [4.69, 9.17) is 18.9 Å². The molecule has 0 bridgehead atoms. The summed E-state index contributed by atoms with van der Waals surface area (Å²) in [6.07, 6.45) is 0.578. The lowest BCUT2D eigenvalue weighted by Crippen LogP contribution is -2.37. The number of sulfonamides is 1. The maximum Gasteiger partial charge on any atom is 0.261 e. The van der Waals surface area contributed by atoms with Crippen LogP contribution in [-0.4, -0.2) is 68.5 Å². The van der Waals surface area contributed by atoms with Crippen molar-refractivity contribution in [1.29, 1.82) is 0 Å². The van der Waals surface area contributed by atoms with Gasteiger partial charge < -0.3 is 29.2 Å². The van der Waals surface area contributed by atoms with Gasteiger partial charge in [0.15, 0.2) is 11.5 Å². The largest absolute Gasteiger partial charge is 0.497 e. The Labute approximate surface area is 228 Å². The minimum Gasteiger partial charge on any atom is -0.497 e. The molecule has 0 radical (unpaired) electrons. The third-order valence-electron chi connectivity index (χ3n) is 6.37. The number of anilines is 2. The van der Waals surface area contributed by atoms with Crippen LogP contribution in [0.1, 0.15) is 15.9 Å². The Morgan fingerprint density at radius 1 is 0.897 bits per heavy atom. The number of ether oxygens (including phenoxy) is 4. The molecular formula is C28H33N3O7S. The summed E-state index contributed by atoms with van der Waals surface area (Å²) in [6.45, 7) is 2.65. The van der Waals surface area contributed by atoms with Crippen molar-refractivity contribution in [3.05, 3.63) is 71.8 Å². The van der Waals surface area contributed by atoms with E-state index in [0.29, 0.717) is 73.5 Å². The van der Waals surface area contributed by atoms with Crippen molar-refractivity contribution in [3.63, 3.8) is 0 Å². The van der Waals surface area contributed by atoms with E-state index in [2.05, 4.69) is 10.0 Å². The molecule has 1 fully saturated rings. The summed E-state index contributed by atoms with van der Waals surface area (Å²) in [5.74, 6) is 1.49. The molecule has 1 saturated heterocycles. The number of hydrogen-bond donors (Lipinski definition) is 2. The zero-order valence-electron chi connectivity index (χ0n) is 22.2. The lowest BCUT2D eigenvalue weighted by Gasteiger charge is -2.31. The van der Waals surface area contributed by atoms with Crippen LogP contribution in [-0.2, 0) is 21.2 Å². The summed E-state index contributed by atoms with van der Waals surface area (Å²) < 4.78 is 50.3. The molecule has 208 valence electrons. The monoisotopic (exact) mass is 555 g/mol. The lowest BCUT2D eigenvalue weighted by atomic mass is 10.1. The SMILES string of the molecule is COc1ccc(S(=O)(=O)Nc2cc(C(=O)NCCc3ccc(OC)c(OC)c3)ccc2N2CCOCC2)cc1. The normalized spacial score (nSPS) is 13.5. The van der Waals surface area contributed by atoms with E-state index in [9.17, 15) is 13.2 Å². The highest BCUT2D eigenvalue weighted by Gasteiger charge is 2.22. The zero-order valence-corrected chi connectivity index (χ0v) is 23.0. The zero-order chi connectivity index (χ0) is 27.8. The number of nitrogens with one attached hydrogen (secondary N) is 2. The molecule has 1 aliphatic rings. The van der Waals surface area contributed by atoms with Crippen LogP contribution < -0.4 is 29.1 Å². The van der Waals surface area contributed by atoms with Gasteiger partial charge in [0.1, 0.15) is 5.75 Å². The molecule has 1 aliphatic heterocycles. The van der Waals surface area contributed by atoms with Crippen LogP contribution in [0.15, 0.2) is 65.6 Å². The molecule has 0 aromatic heterocycles. The predicted molar refractivity (Wildman–Crippen MR) is 149 cm³/mol. The Bertz CT molecular complexity index is 1390. The second-order valence-corrected chi connectivity index (χ2v) is 10.5. The number of methoxy groups -OCH3 is 3. The van der Waals surface area contributed by atoms with E-state index < -0.39 is 10.0 Å².